The third-order valence-corrected chi connectivity index (χ3v) is 3.83. The van der Waals surface area contributed by atoms with Crippen molar-refractivity contribution in [1.29, 1.82) is 0 Å². The highest BCUT2D eigenvalue weighted by Gasteiger charge is 2.36. The number of imide groups is 2. The summed E-state index contributed by atoms with van der Waals surface area (Å²) in [6.45, 7) is 0. The predicted octanol–water partition coefficient (Wildman–Crippen LogP) is 3.12. The Morgan fingerprint density at radius 1 is 0.913 bits per heavy atom. The number of hydrogen-bond acceptors (Lipinski definition) is 3. The average Bonchev–Trinajstić information content (AvgIpc) is 2.54. The van der Waals surface area contributed by atoms with Crippen LogP contribution < -0.4 is 10.2 Å². The molecule has 1 N–H and O–H groups in total. The molecule has 1 fully saturated rings. The molecule has 0 unspecified atom stereocenters. The van der Waals surface area contributed by atoms with Gasteiger partial charge in [0.2, 0.25) is 0 Å². The lowest BCUT2D eigenvalue weighted by molar-refractivity contribution is -0.122. The molecular weight excluding hydrogens is 360 g/mol. The summed E-state index contributed by atoms with van der Waals surface area (Å²) in [5.41, 5.74) is 1.01. The van der Waals surface area contributed by atoms with Crippen LogP contribution in [0, 0.1) is 0 Å². The number of benzene rings is 2. The molecule has 0 spiro atoms. The molecule has 4 amide bonds. The van der Waals surface area contributed by atoms with Gasteiger partial charge in [-0.3, -0.25) is 14.9 Å². The van der Waals surface area contributed by atoms with Crippen molar-refractivity contribution in [3.05, 3.63) is 70.2 Å². The second-order valence-corrected chi connectivity index (χ2v) is 5.76. The van der Waals surface area contributed by atoms with Crippen molar-refractivity contribution >= 4 is 45.5 Å². The average molecular weight is 371 g/mol. The predicted molar refractivity (Wildman–Crippen MR) is 89.6 cm³/mol. The van der Waals surface area contributed by atoms with E-state index in [0.717, 1.165) is 9.37 Å². The number of rotatable bonds is 2. The highest BCUT2D eigenvalue weighted by atomic mass is 79.9. The van der Waals surface area contributed by atoms with E-state index in [9.17, 15) is 14.4 Å². The van der Waals surface area contributed by atoms with Crippen molar-refractivity contribution in [1.82, 2.24) is 5.32 Å². The zero-order chi connectivity index (χ0) is 16.4. The summed E-state index contributed by atoms with van der Waals surface area (Å²) >= 11 is 3.32. The second-order valence-electron chi connectivity index (χ2n) is 4.84. The lowest BCUT2D eigenvalue weighted by Gasteiger charge is -2.26. The number of carbonyl (C=O) groups is 3. The van der Waals surface area contributed by atoms with E-state index in [4.69, 9.17) is 0 Å². The van der Waals surface area contributed by atoms with Crippen LogP contribution in [-0.4, -0.2) is 17.8 Å². The van der Waals surface area contributed by atoms with Crippen molar-refractivity contribution in [3.63, 3.8) is 0 Å². The molecule has 1 saturated heterocycles. The number of urea groups is 1. The van der Waals surface area contributed by atoms with Gasteiger partial charge in [-0.2, -0.15) is 0 Å². The molecule has 1 aliphatic rings. The van der Waals surface area contributed by atoms with Crippen LogP contribution in [-0.2, 0) is 9.59 Å². The van der Waals surface area contributed by atoms with E-state index in [2.05, 4.69) is 21.2 Å². The summed E-state index contributed by atoms with van der Waals surface area (Å²) in [6, 6.07) is 14.8. The number of nitrogens with zero attached hydrogens (tertiary/aromatic N) is 1. The largest absolute Gasteiger partial charge is 0.335 e. The number of para-hydroxylation sites is 1. The molecule has 0 aromatic heterocycles. The Kier molecular flexibility index (Phi) is 4.08. The van der Waals surface area contributed by atoms with Crippen LogP contribution >= 0.6 is 15.9 Å². The van der Waals surface area contributed by atoms with Gasteiger partial charge >= 0.3 is 6.03 Å². The number of nitrogens with one attached hydrogen (secondary N) is 1. The van der Waals surface area contributed by atoms with Crippen molar-refractivity contribution in [2.24, 2.45) is 0 Å². The van der Waals surface area contributed by atoms with E-state index >= 15 is 0 Å². The SMILES string of the molecule is O=C1NC(=O)N(c2ccccc2)C(=O)C1=Cc1ccc(Br)cc1. The molecule has 1 aliphatic heterocycles. The Balaban J connectivity index is 2.00. The smallest absolute Gasteiger partial charge is 0.273 e. The monoisotopic (exact) mass is 370 g/mol. The lowest BCUT2D eigenvalue weighted by atomic mass is 10.1. The Labute approximate surface area is 140 Å². The molecule has 3 rings (SSSR count). The van der Waals surface area contributed by atoms with E-state index in [1.165, 1.54) is 6.08 Å². The van der Waals surface area contributed by atoms with Gasteiger partial charge in [-0.25, -0.2) is 9.69 Å². The summed E-state index contributed by atoms with van der Waals surface area (Å²) in [7, 11) is 0. The molecule has 23 heavy (non-hydrogen) atoms. The van der Waals surface area contributed by atoms with Gasteiger partial charge in [0.05, 0.1) is 5.69 Å². The third-order valence-electron chi connectivity index (χ3n) is 3.30. The summed E-state index contributed by atoms with van der Waals surface area (Å²) in [4.78, 5) is 37.5. The van der Waals surface area contributed by atoms with Crippen LogP contribution in [0.1, 0.15) is 5.56 Å². The fourth-order valence-corrected chi connectivity index (χ4v) is 2.46. The molecule has 0 saturated carbocycles. The van der Waals surface area contributed by atoms with Crippen LogP contribution in [0.25, 0.3) is 6.08 Å². The minimum absolute atomic E-state index is 0.0872. The number of hydrogen-bond donors (Lipinski definition) is 1. The van der Waals surface area contributed by atoms with Crippen molar-refractivity contribution in [3.8, 4) is 0 Å². The van der Waals surface area contributed by atoms with Crippen molar-refractivity contribution < 1.29 is 14.4 Å². The van der Waals surface area contributed by atoms with Crippen LogP contribution in [0.15, 0.2) is 64.6 Å². The Morgan fingerprint density at radius 2 is 1.57 bits per heavy atom. The van der Waals surface area contributed by atoms with E-state index < -0.39 is 17.8 Å². The van der Waals surface area contributed by atoms with Crippen molar-refractivity contribution in [2.45, 2.75) is 0 Å². The summed E-state index contributed by atoms with van der Waals surface area (Å²) in [5.74, 6) is -1.34. The highest BCUT2D eigenvalue weighted by Crippen LogP contribution is 2.21. The van der Waals surface area contributed by atoms with E-state index in [0.29, 0.717) is 11.3 Å². The minimum atomic E-state index is -0.751. The van der Waals surface area contributed by atoms with Gasteiger partial charge in [0, 0.05) is 4.47 Å². The normalized spacial score (nSPS) is 16.7. The van der Waals surface area contributed by atoms with Crippen LogP contribution in [0.3, 0.4) is 0 Å². The third kappa shape index (κ3) is 3.07. The summed E-state index contributed by atoms with van der Waals surface area (Å²) in [5, 5.41) is 2.19. The molecule has 2 aromatic rings. The van der Waals surface area contributed by atoms with Gasteiger partial charge < -0.3 is 0 Å². The summed E-state index contributed by atoms with van der Waals surface area (Å²) < 4.78 is 0.889. The second kappa shape index (κ2) is 6.18. The highest BCUT2D eigenvalue weighted by molar-refractivity contribution is 9.10. The maximum Gasteiger partial charge on any atom is 0.335 e. The number of carbonyl (C=O) groups excluding carboxylic acids is 3. The first kappa shape index (κ1) is 15.2. The standard InChI is InChI=1S/C17H11BrN2O3/c18-12-8-6-11(7-9-12)10-14-15(21)19-17(23)20(16(14)22)13-4-2-1-3-5-13/h1-10H,(H,19,21,23). The van der Waals surface area contributed by atoms with E-state index in [-0.39, 0.29) is 5.57 Å². The van der Waals surface area contributed by atoms with Crippen LogP contribution in [0.5, 0.6) is 0 Å². The van der Waals surface area contributed by atoms with Gasteiger partial charge in [-0.05, 0) is 35.9 Å². The molecule has 5 nitrogen and oxygen atoms in total. The van der Waals surface area contributed by atoms with Gasteiger partial charge in [0.15, 0.2) is 0 Å². The zero-order valence-electron chi connectivity index (χ0n) is 11.8. The molecule has 6 heteroatoms. The molecule has 0 aliphatic carbocycles. The molecule has 2 aromatic carbocycles. The first-order valence-electron chi connectivity index (χ1n) is 6.78. The maximum absolute atomic E-state index is 12.6. The topological polar surface area (TPSA) is 66.5 Å². The number of amides is 4. The maximum atomic E-state index is 12.6. The number of halogens is 1. The fourth-order valence-electron chi connectivity index (χ4n) is 2.19. The zero-order valence-corrected chi connectivity index (χ0v) is 13.4. The number of anilines is 1. The van der Waals surface area contributed by atoms with E-state index in [1.54, 1.807) is 54.6 Å². The molecule has 1 heterocycles. The molecular formula is C17H11BrN2O3. The van der Waals surface area contributed by atoms with Crippen LogP contribution in [0.4, 0.5) is 10.5 Å². The first-order chi connectivity index (χ1) is 11.1. The van der Waals surface area contributed by atoms with Gasteiger partial charge in [-0.15, -0.1) is 0 Å². The Morgan fingerprint density at radius 3 is 2.22 bits per heavy atom. The Bertz CT molecular complexity index is 813. The van der Waals surface area contributed by atoms with Crippen molar-refractivity contribution in [2.75, 3.05) is 4.90 Å². The molecule has 114 valence electrons. The van der Waals surface area contributed by atoms with Crippen LogP contribution in [0.2, 0.25) is 0 Å². The number of barbiturate groups is 1. The molecule has 0 bridgehead atoms. The fraction of sp³-hybridized carbons (Fsp3) is 0. The van der Waals surface area contributed by atoms with Gasteiger partial charge in [-0.1, -0.05) is 46.3 Å². The first-order valence-corrected chi connectivity index (χ1v) is 7.57. The Hall–Kier alpha value is -2.73. The lowest BCUT2D eigenvalue weighted by Crippen LogP contribution is -2.54. The molecule has 0 radical (unpaired) electrons. The van der Waals surface area contributed by atoms with Gasteiger partial charge in [0.25, 0.3) is 11.8 Å². The quantitative estimate of drug-likeness (QED) is 0.652. The van der Waals surface area contributed by atoms with Gasteiger partial charge in [0.1, 0.15) is 5.57 Å². The summed E-state index contributed by atoms with van der Waals surface area (Å²) in [6.07, 6.45) is 1.46. The van der Waals surface area contributed by atoms with E-state index in [1.807, 2.05) is 0 Å². The minimum Gasteiger partial charge on any atom is -0.273 e. The molecule has 0 atom stereocenters.